The first-order chi connectivity index (χ1) is 4.84. The summed E-state index contributed by atoms with van der Waals surface area (Å²) in [5.41, 5.74) is 0. The van der Waals surface area contributed by atoms with Crippen molar-refractivity contribution in [2.45, 2.75) is 12.3 Å². The van der Waals surface area contributed by atoms with Crippen LogP contribution in [0.25, 0.3) is 0 Å². The van der Waals surface area contributed by atoms with Crippen molar-refractivity contribution < 1.29 is 22.5 Å². The molecule has 0 aliphatic carbocycles. The molecule has 0 saturated carbocycles. The van der Waals surface area contributed by atoms with Crippen molar-refractivity contribution in [3.8, 4) is 0 Å². The Morgan fingerprint density at radius 3 is 2.18 bits per heavy atom. The highest BCUT2D eigenvalue weighted by atomic mass is 19.4. The molecule has 0 bridgehead atoms. The van der Waals surface area contributed by atoms with Gasteiger partial charge in [0.15, 0.2) is 0 Å². The number of nitrogens with zero attached hydrogens (tertiary/aromatic N) is 1. The number of rotatable bonds is 2. The summed E-state index contributed by atoms with van der Waals surface area (Å²) in [6.45, 7) is 0. The molecular weight excluding hydrogens is 170 g/mol. The van der Waals surface area contributed by atoms with Gasteiger partial charge < -0.3 is 0 Å². The third-order valence-electron chi connectivity index (χ3n) is 0.689. The van der Waals surface area contributed by atoms with Crippen LogP contribution in [0.4, 0.5) is 17.6 Å². The van der Waals surface area contributed by atoms with Crippen LogP contribution >= 0.6 is 0 Å². The van der Waals surface area contributed by atoms with Crippen molar-refractivity contribution in [3.05, 3.63) is 22.4 Å². The summed E-state index contributed by atoms with van der Waals surface area (Å²) in [5, 5.41) is 9.42. The molecule has 1 unspecified atom stereocenters. The average molecular weight is 173 g/mol. The van der Waals surface area contributed by atoms with Crippen LogP contribution in [0.2, 0.25) is 0 Å². The SMILES string of the molecule is O=[N+]([O-])/C=C/C(F)C(F)(F)F. The predicted octanol–water partition coefficient (Wildman–Crippen LogP) is 1.68. The molecule has 0 aromatic heterocycles. The third-order valence-corrected chi connectivity index (χ3v) is 0.689. The summed E-state index contributed by atoms with van der Waals surface area (Å²) in [6, 6.07) is 0. The minimum absolute atomic E-state index is 0.0852. The van der Waals surface area contributed by atoms with Gasteiger partial charge in [0.25, 0.3) is 0 Å². The smallest absolute Gasteiger partial charge is 0.259 e. The summed E-state index contributed by atoms with van der Waals surface area (Å²) in [6.07, 6.45) is -8.59. The first-order valence-corrected chi connectivity index (χ1v) is 2.36. The number of halogens is 4. The molecule has 0 aliphatic rings. The van der Waals surface area contributed by atoms with Gasteiger partial charge in [0.1, 0.15) is 0 Å². The van der Waals surface area contributed by atoms with Crippen LogP contribution in [0.15, 0.2) is 12.3 Å². The van der Waals surface area contributed by atoms with Crippen LogP contribution in [0.5, 0.6) is 0 Å². The first-order valence-electron chi connectivity index (χ1n) is 2.36. The number of nitro groups is 1. The largest absolute Gasteiger partial charge is 0.423 e. The highest BCUT2D eigenvalue weighted by Crippen LogP contribution is 2.23. The van der Waals surface area contributed by atoms with Gasteiger partial charge in [-0.15, -0.1) is 0 Å². The number of hydrogen-bond donors (Lipinski definition) is 0. The maximum atomic E-state index is 11.8. The monoisotopic (exact) mass is 173 g/mol. The Bertz CT molecular complexity index is 175. The van der Waals surface area contributed by atoms with Crippen LogP contribution in [-0.4, -0.2) is 17.3 Å². The van der Waals surface area contributed by atoms with Gasteiger partial charge >= 0.3 is 6.18 Å². The van der Waals surface area contributed by atoms with Gasteiger partial charge in [0.2, 0.25) is 12.4 Å². The van der Waals surface area contributed by atoms with Crippen LogP contribution in [0.3, 0.4) is 0 Å². The summed E-state index contributed by atoms with van der Waals surface area (Å²) in [4.78, 5) is 8.25. The van der Waals surface area contributed by atoms with Gasteiger partial charge in [0.05, 0.1) is 4.92 Å². The maximum Gasteiger partial charge on any atom is 0.423 e. The maximum absolute atomic E-state index is 11.8. The minimum atomic E-state index is -5.06. The molecular formula is C4H3F4NO2. The fraction of sp³-hybridized carbons (Fsp3) is 0.500. The molecule has 1 atom stereocenters. The van der Waals surface area contributed by atoms with E-state index in [4.69, 9.17) is 0 Å². The Kier molecular flexibility index (Phi) is 2.97. The van der Waals surface area contributed by atoms with E-state index in [2.05, 4.69) is 0 Å². The normalized spacial score (nSPS) is 15.3. The van der Waals surface area contributed by atoms with E-state index in [1.807, 2.05) is 0 Å². The highest BCUT2D eigenvalue weighted by Gasteiger charge is 2.38. The van der Waals surface area contributed by atoms with Crippen LogP contribution < -0.4 is 0 Å². The van der Waals surface area contributed by atoms with E-state index >= 15 is 0 Å². The van der Waals surface area contributed by atoms with Gasteiger partial charge in [0, 0.05) is 6.08 Å². The molecule has 0 amide bonds. The molecule has 7 heteroatoms. The fourth-order valence-corrected chi connectivity index (χ4v) is 0.255. The van der Waals surface area contributed by atoms with Crippen LogP contribution in [-0.2, 0) is 0 Å². The van der Waals surface area contributed by atoms with Crippen molar-refractivity contribution in [1.29, 1.82) is 0 Å². The quantitative estimate of drug-likeness (QED) is 0.362. The van der Waals surface area contributed by atoms with Crippen LogP contribution in [0, 0.1) is 10.1 Å². The number of allylic oxidation sites excluding steroid dienone is 1. The van der Waals surface area contributed by atoms with Crippen molar-refractivity contribution in [2.75, 3.05) is 0 Å². The number of alkyl halides is 4. The molecule has 0 radical (unpaired) electrons. The van der Waals surface area contributed by atoms with Gasteiger partial charge in [-0.3, -0.25) is 10.1 Å². The van der Waals surface area contributed by atoms with E-state index in [9.17, 15) is 27.7 Å². The Morgan fingerprint density at radius 1 is 1.45 bits per heavy atom. The van der Waals surface area contributed by atoms with E-state index in [0.29, 0.717) is 0 Å². The molecule has 11 heavy (non-hydrogen) atoms. The Hall–Kier alpha value is -1.14. The molecule has 0 rings (SSSR count). The average Bonchev–Trinajstić information content (AvgIpc) is 1.80. The van der Waals surface area contributed by atoms with Crippen molar-refractivity contribution in [3.63, 3.8) is 0 Å². The molecule has 0 aliphatic heterocycles. The van der Waals surface area contributed by atoms with E-state index < -0.39 is 17.3 Å². The lowest BCUT2D eigenvalue weighted by molar-refractivity contribution is -0.403. The molecule has 0 fully saturated rings. The first kappa shape index (κ1) is 9.86. The Morgan fingerprint density at radius 2 is 1.91 bits per heavy atom. The second-order valence-electron chi connectivity index (χ2n) is 1.57. The molecule has 0 spiro atoms. The van der Waals surface area contributed by atoms with Crippen molar-refractivity contribution in [1.82, 2.24) is 0 Å². The molecule has 0 N–H and O–H groups in total. The standard InChI is InChI=1S/C4H3F4NO2/c5-3(4(6,7)8)1-2-9(10)11/h1-3H/b2-1+. The van der Waals surface area contributed by atoms with Gasteiger partial charge in [-0.05, 0) is 0 Å². The summed E-state index contributed by atoms with van der Waals surface area (Å²) < 4.78 is 45.5. The minimum Gasteiger partial charge on any atom is -0.259 e. The van der Waals surface area contributed by atoms with Crippen LogP contribution in [0.1, 0.15) is 0 Å². The zero-order chi connectivity index (χ0) is 9.07. The Labute approximate surface area is 58.5 Å². The van der Waals surface area contributed by atoms with E-state index in [0.717, 1.165) is 0 Å². The molecule has 0 aromatic carbocycles. The molecule has 64 valence electrons. The van der Waals surface area contributed by atoms with E-state index in [1.165, 1.54) is 0 Å². The zero-order valence-electron chi connectivity index (χ0n) is 5.01. The molecule has 0 aromatic rings. The van der Waals surface area contributed by atoms with Crippen molar-refractivity contribution >= 4 is 0 Å². The molecule has 0 heterocycles. The summed E-state index contributed by atoms with van der Waals surface area (Å²) in [5.74, 6) is 0. The second kappa shape index (κ2) is 3.31. The predicted molar refractivity (Wildman–Crippen MR) is 27.1 cm³/mol. The summed E-state index contributed by atoms with van der Waals surface area (Å²) >= 11 is 0. The topological polar surface area (TPSA) is 43.1 Å². The fourth-order valence-electron chi connectivity index (χ4n) is 0.255. The Balaban J connectivity index is 4.07. The second-order valence-corrected chi connectivity index (χ2v) is 1.57. The zero-order valence-corrected chi connectivity index (χ0v) is 5.01. The van der Waals surface area contributed by atoms with Gasteiger partial charge in [-0.1, -0.05) is 0 Å². The summed E-state index contributed by atoms with van der Waals surface area (Å²) in [7, 11) is 0. The third kappa shape index (κ3) is 4.29. The van der Waals surface area contributed by atoms with E-state index in [1.54, 1.807) is 0 Å². The lowest BCUT2D eigenvalue weighted by atomic mass is 10.4. The highest BCUT2D eigenvalue weighted by molar-refractivity contribution is 4.87. The van der Waals surface area contributed by atoms with Crippen molar-refractivity contribution in [2.24, 2.45) is 0 Å². The van der Waals surface area contributed by atoms with Gasteiger partial charge in [-0.25, -0.2) is 4.39 Å². The lowest BCUT2D eigenvalue weighted by Crippen LogP contribution is -2.22. The van der Waals surface area contributed by atoms with Gasteiger partial charge in [-0.2, -0.15) is 13.2 Å². The lowest BCUT2D eigenvalue weighted by Gasteiger charge is -2.05. The van der Waals surface area contributed by atoms with E-state index in [-0.39, 0.29) is 12.3 Å². The molecule has 3 nitrogen and oxygen atoms in total. The molecule has 0 saturated heterocycles. The number of hydrogen-bond acceptors (Lipinski definition) is 2.